The Balaban J connectivity index is 1.38. The molecule has 2 amide bonds. The monoisotopic (exact) mass is 371 g/mol. The number of para-hydroxylation sites is 1. The molecule has 4 rings (SSSR count). The van der Waals surface area contributed by atoms with Crippen LogP contribution in [0.25, 0.3) is 21.0 Å². The summed E-state index contributed by atoms with van der Waals surface area (Å²) in [5, 5.41) is 13.0. The number of fused-ring (bicyclic) bond motifs is 1. The van der Waals surface area contributed by atoms with Gasteiger partial charge in [-0.3, -0.25) is 0 Å². The molecule has 2 aromatic heterocycles. The molecule has 1 aliphatic heterocycles. The normalized spacial score (nSPS) is 17.6. The number of aromatic nitrogens is 1. The van der Waals surface area contributed by atoms with Crippen molar-refractivity contribution in [3.8, 4) is 10.8 Å². The number of piperidine rings is 1. The first-order chi connectivity index (χ1) is 12.7. The van der Waals surface area contributed by atoms with E-state index < -0.39 is 0 Å². The minimum Gasteiger partial charge on any atom is -0.457 e. The Kier molecular flexibility index (Phi) is 4.90. The van der Waals surface area contributed by atoms with Crippen LogP contribution in [0.4, 0.5) is 4.79 Å². The third kappa shape index (κ3) is 3.59. The Morgan fingerprint density at radius 1 is 1.35 bits per heavy atom. The van der Waals surface area contributed by atoms with Gasteiger partial charge in [0.25, 0.3) is 0 Å². The van der Waals surface area contributed by atoms with E-state index in [9.17, 15) is 9.90 Å². The Morgan fingerprint density at radius 3 is 3.08 bits per heavy atom. The minimum absolute atomic E-state index is 0.110. The zero-order valence-electron chi connectivity index (χ0n) is 14.4. The number of nitrogens with zero attached hydrogens (tertiary/aromatic N) is 2. The number of aliphatic hydroxyl groups excluding tert-OH is 1. The molecule has 7 heteroatoms. The summed E-state index contributed by atoms with van der Waals surface area (Å²) in [6.07, 6.45) is 1.91. The maximum Gasteiger partial charge on any atom is 0.317 e. The minimum atomic E-state index is -0.110. The van der Waals surface area contributed by atoms with Crippen molar-refractivity contribution < 1.29 is 14.3 Å². The number of benzene rings is 1. The number of carbonyl (C=O) groups excluding carboxylic acids is 1. The van der Waals surface area contributed by atoms with Crippen molar-refractivity contribution in [3.63, 3.8) is 0 Å². The second kappa shape index (κ2) is 7.47. The van der Waals surface area contributed by atoms with Gasteiger partial charge in [0.2, 0.25) is 0 Å². The first-order valence-electron chi connectivity index (χ1n) is 8.81. The van der Waals surface area contributed by atoms with Crippen molar-refractivity contribution in [1.82, 2.24) is 15.2 Å². The lowest BCUT2D eigenvalue weighted by molar-refractivity contribution is 0.129. The quantitative estimate of drug-likeness (QED) is 0.736. The van der Waals surface area contributed by atoms with Crippen LogP contribution in [0.1, 0.15) is 18.6 Å². The summed E-state index contributed by atoms with van der Waals surface area (Å²) in [5.74, 6) is 1.60. The number of hydrogen-bond acceptors (Lipinski definition) is 5. The zero-order valence-corrected chi connectivity index (χ0v) is 15.2. The maximum absolute atomic E-state index is 12.3. The number of amides is 2. The Morgan fingerprint density at radius 2 is 2.23 bits per heavy atom. The fourth-order valence-corrected chi connectivity index (χ4v) is 4.17. The van der Waals surface area contributed by atoms with Gasteiger partial charge in [-0.15, -0.1) is 11.3 Å². The number of thiazole rings is 1. The van der Waals surface area contributed by atoms with Gasteiger partial charge in [-0.1, -0.05) is 12.1 Å². The number of aliphatic hydroxyl groups is 1. The average molecular weight is 371 g/mol. The first-order valence-corrected chi connectivity index (χ1v) is 9.63. The smallest absolute Gasteiger partial charge is 0.317 e. The van der Waals surface area contributed by atoms with E-state index in [0.29, 0.717) is 24.6 Å². The third-order valence-electron chi connectivity index (χ3n) is 4.64. The summed E-state index contributed by atoms with van der Waals surface area (Å²) in [6, 6.07) is 11.6. The number of nitrogens with one attached hydrogen (secondary N) is 1. The third-order valence-corrected chi connectivity index (χ3v) is 5.70. The van der Waals surface area contributed by atoms with Crippen molar-refractivity contribution in [2.24, 2.45) is 5.92 Å². The van der Waals surface area contributed by atoms with Crippen LogP contribution in [0.15, 0.2) is 40.8 Å². The summed E-state index contributed by atoms with van der Waals surface area (Å²) < 4.78 is 6.98. The van der Waals surface area contributed by atoms with Gasteiger partial charge >= 0.3 is 6.03 Å². The van der Waals surface area contributed by atoms with Crippen LogP contribution < -0.4 is 5.32 Å². The van der Waals surface area contributed by atoms with Crippen molar-refractivity contribution in [1.29, 1.82) is 0 Å². The van der Waals surface area contributed by atoms with E-state index >= 15 is 0 Å². The lowest BCUT2D eigenvalue weighted by Crippen LogP contribution is -2.45. The lowest BCUT2D eigenvalue weighted by atomic mass is 9.99. The predicted molar refractivity (Wildman–Crippen MR) is 101 cm³/mol. The van der Waals surface area contributed by atoms with Gasteiger partial charge < -0.3 is 19.7 Å². The largest absolute Gasteiger partial charge is 0.457 e. The molecule has 3 heterocycles. The van der Waals surface area contributed by atoms with Gasteiger partial charge in [-0.25, -0.2) is 9.78 Å². The zero-order chi connectivity index (χ0) is 17.9. The Bertz CT molecular complexity index is 871. The van der Waals surface area contributed by atoms with Crippen LogP contribution in [0.2, 0.25) is 0 Å². The molecule has 0 spiro atoms. The molecule has 0 radical (unpaired) electrons. The molecular weight excluding hydrogens is 350 g/mol. The molecule has 6 nitrogen and oxygen atoms in total. The molecule has 0 bridgehead atoms. The molecule has 0 aliphatic carbocycles. The van der Waals surface area contributed by atoms with Crippen LogP contribution in [0.3, 0.4) is 0 Å². The van der Waals surface area contributed by atoms with Crippen molar-refractivity contribution in [3.05, 3.63) is 42.2 Å². The van der Waals surface area contributed by atoms with E-state index in [4.69, 9.17) is 4.42 Å². The fraction of sp³-hybridized carbons (Fsp3) is 0.368. The molecule has 1 fully saturated rings. The lowest BCUT2D eigenvalue weighted by Gasteiger charge is -2.31. The average Bonchev–Trinajstić information content (AvgIpc) is 3.32. The summed E-state index contributed by atoms with van der Waals surface area (Å²) >= 11 is 1.59. The summed E-state index contributed by atoms with van der Waals surface area (Å²) in [4.78, 5) is 18.7. The molecule has 1 saturated heterocycles. The number of furan rings is 1. The number of hydrogen-bond donors (Lipinski definition) is 2. The molecule has 1 atom stereocenters. The van der Waals surface area contributed by atoms with E-state index in [1.807, 2.05) is 36.4 Å². The standard InChI is InChI=1S/C19H21N3O3S/c23-12-13-4-3-9-22(11-13)19(24)20-10-14-7-8-16(25-14)18-21-15-5-1-2-6-17(15)26-18/h1-2,5-8,13,23H,3-4,9-12H2,(H,20,24). The number of likely N-dealkylation sites (tertiary alicyclic amines) is 1. The van der Waals surface area contributed by atoms with Gasteiger partial charge in [-0.2, -0.15) is 0 Å². The van der Waals surface area contributed by atoms with Crippen LogP contribution in [-0.4, -0.2) is 40.7 Å². The highest BCUT2D eigenvalue weighted by atomic mass is 32.1. The SMILES string of the molecule is O=C(NCc1ccc(-c2nc3ccccc3s2)o1)N1CCCC(CO)C1. The fourth-order valence-electron chi connectivity index (χ4n) is 3.24. The highest BCUT2D eigenvalue weighted by Crippen LogP contribution is 2.31. The molecule has 136 valence electrons. The van der Waals surface area contributed by atoms with E-state index in [1.165, 1.54) is 0 Å². The van der Waals surface area contributed by atoms with Crippen LogP contribution >= 0.6 is 11.3 Å². The molecule has 3 aromatic rings. The maximum atomic E-state index is 12.3. The van der Waals surface area contributed by atoms with E-state index in [-0.39, 0.29) is 18.6 Å². The van der Waals surface area contributed by atoms with Crippen LogP contribution in [0, 0.1) is 5.92 Å². The van der Waals surface area contributed by atoms with Gasteiger partial charge in [0.1, 0.15) is 5.76 Å². The van der Waals surface area contributed by atoms with Crippen molar-refractivity contribution >= 4 is 27.6 Å². The number of rotatable bonds is 4. The van der Waals surface area contributed by atoms with Gasteiger partial charge in [0.05, 0.1) is 16.8 Å². The van der Waals surface area contributed by atoms with Gasteiger partial charge in [0, 0.05) is 19.7 Å². The summed E-state index contributed by atoms with van der Waals surface area (Å²) in [7, 11) is 0. The molecule has 1 unspecified atom stereocenters. The highest BCUT2D eigenvalue weighted by Gasteiger charge is 2.23. The molecule has 2 N–H and O–H groups in total. The second-order valence-corrected chi connectivity index (χ2v) is 7.58. The van der Waals surface area contributed by atoms with Crippen molar-refractivity contribution in [2.45, 2.75) is 19.4 Å². The first kappa shape index (κ1) is 17.1. The molecule has 1 aromatic carbocycles. The Hall–Kier alpha value is -2.38. The van der Waals surface area contributed by atoms with Crippen LogP contribution in [0.5, 0.6) is 0 Å². The van der Waals surface area contributed by atoms with E-state index in [2.05, 4.69) is 10.3 Å². The molecule has 0 saturated carbocycles. The van der Waals surface area contributed by atoms with Crippen molar-refractivity contribution in [2.75, 3.05) is 19.7 Å². The Labute approximate surface area is 155 Å². The topological polar surface area (TPSA) is 78.6 Å². The number of carbonyl (C=O) groups is 1. The van der Waals surface area contributed by atoms with E-state index in [0.717, 1.165) is 34.6 Å². The predicted octanol–water partition coefficient (Wildman–Crippen LogP) is 3.47. The van der Waals surface area contributed by atoms with Gasteiger partial charge in [0.15, 0.2) is 10.8 Å². The summed E-state index contributed by atoms with van der Waals surface area (Å²) in [5.41, 5.74) is 0.960. The molecule has 26 heavy (non-hydrogen) atoms. The van der Waals surface area contributed by atoms with Gasteiger partial charge in [-0.05, 0) is 43.0 Å². The van der Waals surface area contributed by atoms with E-state index in [1.54, 1.807) is 16.2 Å². The van der Waals surface area contributed by atoms with Crippen LogP contribution in [-0.2, 0) is 6.54 Å². The highest BCUT2D eigenvalue weighted by molar-refractivity contribution is 7.21. The number of urea groups is 1. The molecule has 1 aliphatic rings. The summed E-state index contributed by atoms with van der Waals surface area (Å²) in [6.45, 7) is 1.81. The molecular formula is C19H21N3O3S. The second-order valence-electron chi connectivity index (χ2n) is 6.55.